The zero-order valence-corrected chi connectivity index (χ0v) is 10.5. The number of aromatic nitrogens is 3. The lowest BCUT2D eigenvalue weighted by Crippen LogP contribution is -2.18. The molecule has 2 N–H and O–H groups in total. The predicted molar refractivity (Wildman–Crippen MR) is 62.4 cm³/mol. The van der Waals surface area contributed by atoms with E-state index < -0.39 is 5.91 Å². The van der Waals surface area contributed by atoms with E-state index in [1.807, 2.05) is 14.1 Å². The number of hydrogen-bond acceptors (Lipinski definition) is 5. The van der Waals surface area contributed by atoms with Crippen LogP contribution in [0.15, 0.2) is 0 Å². The van der Waals surface area contributed by atoms with Crippen LogP contribution in [0.5, 0.6) is 0 Å². The van der Waals surface area contributed by atoms with Gasteiger partial charge in [0, 0.05) is 13.7 Å². The highest BCUT2D eigenvalue weighted by molar-refractivity contribution is 5.91. The Hall–Kier alpha value is -1.47. The molecule has 7 nitrogen and oxygen atoms in total. The first-order chi connectivity index (χ1) is 8.06. The molecule has 0 fully saturated rings. The predicted octanol–water partition coefficient (Wildman–Crippen LogP) is -0.525. The highest BCUT2D eigenvalue weighted by Crippen LogP contribution is 2.07. The molecule has 1 aromatic rings. The van der Waals surface area contributed by atoms with Crippen LogP contribution < -0.4 is 5.73 Å². The van der Waals surface area contributed by atoms with Crippen molar-refractivity contribution in [1.82, 2.24) is 19.9 Å². The first-order valence-corrected chi connectivity index (χ1v) is 5.42. The van der Waals surface area contributed by atoms with Gasteiger partial charge >= 0.3 is 0 Å². The molecular weight excluding hydrogens is 222 g/mol. The number of nitrogens with zero attached hydrogens (tertiary/aromatic N) is 4. The molecule has 0 aliphatic carbocycles. The van der Waals surface area contributed by atoms with Crippen LogP contribution in [0, 0.1) is 0 Å². The fourth-order valence-corrected chi connectivity index (χ4v) is 1.52. The van der Waals surface area contributed by atoms with Gasteiger partial charge in [-0.15, -0.1) is 5.10 Å². The van der Waals surface area contributed by atoms with Crippen molar-refractivity contribution >= 4 is 5.91 Å². The van der Waals surface area contributed by atoms with Gasteiger partial charge in [-0.1, -0.05) is 5.21 Å². The van der Waals surface area contributed by atoms with E-state index in [1.165, 1.54) is 0 Å². The van der Waals surface area contributed by atoms with Gasteiger partial charge in [0.1, 0.15) is 0 Å². The van der Waals surface area contributed by atoms with Gasteiger partial charge < -0.3 is 15.4 Å². The highest BCUT2D eigenvalue weighted by Gasteiger charge is 2.16. The summed E-state index contributed by atoms with van der Waals surface area (Å²) in [6.45, 7) is 1.92. The molecule has 0 atom stereocenters. The molecule has 7 heteroatoms. The van der Waals surface area contributed by atoms with Gasteiger partial charge in [-0.25, -0.2) is 4.68 Å². The second kappa shape index (κ2) is 6.31. The summed E-state index contributed by atoms with van der Waals surface area (Å²) in [6.07, 6.45) is 0.922. The van der Waals surface area contributed by atoms with Crippen molar-refractivity contribution < 1.29 is 9.53 Å². The molecule has 0 aliphatic rings. The zero-order chi connectivity index (χ0) is 12.8. The first kappa shape index (κ1) is 13.6. The molecule has 0 bridgehead atoms. The SMILES string of the molecule is COCc1c(C(N)=O)nnn1CCCN(C)C. The number of primary amides is 1. The molecule has 1 aromatic heterocycles. The van der Waals surface area contributed by atoms with Crippen LogP contribution >= 0.6 is 0 Å². The fraction of sp³-hybridized carbons (Fsp3) is 0.700. The Kier molecular flexibility index (Phi) is 5.05. The molecule has 0 radical (unpaired) electrons. The molecule has 96 valence electrons. The normalized spacial score (nSPS) is 11.1. The molecular formula is C10H19N5O2. The van der Waals surface area contributed by atoms with E-state index in [1.54, 1.807) is 11.8 Å². The third kappa shape index (κ3) is 3.79. The summed E-state index contributed by atoms with van der Waals surface area (Å²) in [4.78, 5) is 13.2. The number of carbonyl (C=O) groups is 1. The summed E-state index contributed by atoms with van der Waals surface area (Å²) >= 11 is 0. The minimum atomic E-state index is -0.573. The summed E-state index contributed by atoms with van der Waals surface area (Å²) in [6, 6.07) is 0. The van der Waals surface area contributed by atoms with Crippen LogP contribution in [0.25, 0.3) is 0 Å². The summed E-state index contributed by atoms with van der Waals surface area (Å²) in [7, 11) is 5.57. The Morgan fingerprint density at radius 2 is 2.24 bits per heavy atom. The molecule has 0 aliphatic heterocycles. The summed E-state index contributed by atoms with van der Waals surface area (Å²) < 4.78 is 6.70. The largest absolute Gasteiger partial charge is 0.378 e. The van der Waals surface area contributed by atoms with Crippen molar-refractivity contribution in [1.29, 1.82) is 0 Å². The third-order valence-corrected chi connectivity index (χ3v) is 2.33. The Morgan fingerprint density at radius 3 is 2.76 bits per heavy atom. The van der Waals surface area contributed by atoms with Crippen LogP contribution in [0.2, 0.25) is 0 Å². The Labute approximate surface area is 101 Å². The Morgan fingerprint density at radius 1 is 1.53 bits per heavy atom. The van der Waals surface area contributed by atoms with Crippen molar-refractivity contribution in [2.45, 2.75) is 19.6 Å². The van der Waals surface area contributed by atoms with Crippen molar-refractivity contribution in [3.8, 4) is 0 Å². The maximum Gasteiger partial charge on any atom is 0.271 e. The summed E-state index contributed by atoms with van der Waals surface area (Å²) in [5.41, 5.74) is 6.05. The smallest absolute Gasteiger partial charge is 0.271 e. The number of ether oxygens (including phenoxy) is 1. The highest BCUT2D eigenvalue weighted by atomic mass is 16.5. The number of hydrogen-bond donors (Lipinski definition) is 1. The second-order valence-electron chi connectivity index (χ2n) is 4.06. The zero-order valence-electron chi connectivity index (χ0n) is 10.5. The van der Waals surface area contributed by atoms with Crippen LogP contribution in [-0.2, 0) is 17.9 Å². The lowest BCUT2D eigenvalue weighted by atomic mass is 10.3. The standard InChI is InChI=1S/C10H19N5O2/c1-14(2)5-4-6-15-8(7-17-3)9(10(11)16)12-13-15/h4-7H2,1-3H3,(H2,11,16). The maximum atomic E-state index is 11.1. The maximum absolute atomic E-state index is 11.1. The molecule has 0 spiro atoms. The Bertz CT molecular complexity index is 375. The number of nitrogens with two attached hydrogens (primary N) is 1. The van der Waals surface area contributed by atoms with E-state index in [-0.39, 0.29) is 12.3 Å². The van der Waals surface area contributed by atoms with E-state index in [9.17, 15) is 4.79 Å². The van der Waals surface area contributed by atoms with Gasteiger partial charge in [0.25, 0.3) is 5.91 Å². The second-order valence-corrected chi connectivity index (χ2v) is 4.06. The lowest BCUT2D eigenvalue weighted by molar-refractivity contribution is 0.0989. The van der Waals surface area contributed by atoms with Crippen LogP contribution in [0.1, 0.15) is 22.6 Å². The van der Waals surface area contributed by atoms with Crippen molar-refractivity contribution in [2.75, 3.05) is 27.7 Å². The minimum absolute atomic E-state index is 0.191. The Balaban J connectivity index is 2.73. The number of amides is 1. The molecule has 1 rings (SSSR count). The topological polar surface area (TPSA) is 86.3 Å². The van der Waals surface area contributed by atoms with Crippen LogP contribution in [-0.4, -0.2) is 53.6 Å². The fourth-order valence-electron chi connectivity index (χ4n) is 1.52. The summed E-state index contributed by atoms with van der Waals surface area (Å²) in [5.74, 6) is -0.573. The van der Waals surface area contributed by atoms with Gasteiger partial charge in [0.05, 0.1) is 12.3 Å². The van der Waals surface area contributed by atoms with Crippen molar-refractivity contribution in [3.05, 3.63) is 11.4 Å². The summed E-state index contributed by atoms with van der Waals surface area (Å²) in [5, 5.41) is 7.70. The lowest BCUT2D eigenvalue weighted by Gasteiger charge is -2.10. The number of rotatable bonds is 7. The van der Waals surface area contributed by atoms with Gasteiger partial charge in [-0.2, -0.15) is 0 Å². The van der Waals surface area contributed by atoms with Crippen molar-refractivity contribution in [3.63, 3.8) is 0 Å². The van der Waals surface area contributed by atoms with Gasteiger partial charge in [-0.05, 0) is 27.1 Å². The quantitative estimate of drug-likeness (QED) is 0.694. The van der Waals surface area contributed by atoms with Crippen molar-refractivity contribution in [2.24, 2.45) is 5.73 Å². The molecule has 1 heterocycles. The van der Waals surface area contributed by atoms with Crippen LogP contribution in [0.4, 0.5) is 0 Å². The molecule has 0 saturated heterocycles. The van der Waals surface area contributed by atoms with E-state index in [0.29, 0.717) is 12.2 Å². The van der Waals surface area contributed by atoms with Gasteiger partial charge in [-0.3, -0.25) is 4.79 Å². The number of methoxy groups -OCH3 is 1. The minimum Gasteiger partial charge on any atom is -0.378 e. The van der Waals surface area contributed by atoms with Crippen LogP contribution in [0.3, 0.4) is 0 Å². The number of aryl methyl sites for hydroxylation is 1. The average Bonchev–Trinajstić information content (AvgIpc) is 2.62. The molecule has 0 unspecified atom stereocenters. The number of carbonyl (C=O) groups excluding carboxylic acids is 1. The van der Waals surface area contributed by atoms with Gasteiger partial charge in [0.2, 0.25) is 0 Å². The third-order valence-electron chi connectivity index (χ3n) is 2.33. The molecule has 0 saturated carbocycles. The monoisotopic (exact) mass is 241 g/mol. The average molecular weight is 241 g/mol. The van der Waals surface area contributed by atoms with E-state index in [0.717, 1.165) is 13.0 Å². The molecule has 17 heavy (non-hydrogen) atoms. The van der Waals surface area contributed by atoms with Gasteiger partial charge in [0.15, 0.2) is 5.69 Å². The van der Waals surface area contributed by atoms with E-state index in [2.05, 4.69) is 15.2 Å². The van der Waals surface area contributed by atoms with E-state index in [4.69, 9.17) is 10.5 Å². The first-order valence-electron chi connectivity index (χ1n) is 5.42. The molecule has 1 amide bonds. The van der Waals surface area contributed by atoms with E-state index >= 15 is 0 Å². The molecule has 0 aromatic carbocycles.